The van der Waals surface area contributed by atoms with Gasteiger partial charge in [0.25, 0.3) is 0 Å². The minimum atomic E-state index is 0.552. The summed E-state index contributed by atoms with van der Waals surface area (Å²) >= 11 is 0. The van der Waals surface area contributed by atoms with Gasteiger partial charge in [0.15, 0.2) is 0 Å². The largest absolute Gasteiger partial charge is 0.384 e. The third-order valence-corrected chi connectivity index (χ3v) is 1.62. The Balaban J connectivity index is 2.36. The number of pyridine rings is 1. The van der Waals surface area contributed by atoms with Crippen molar-refractivity contribution in [3.63, 3.8) is 0 Å². The molecular formula is C10H15N3. The van der Waals surface area contributed by atoms with Gasteiger partial charge in [-0.1, -0.05) is 18.2 Å². The average Bonchev–Trinajstić information content (AvgIpc) is 2.13. The molecule has 0 atom stereocenters. The summed E-state index contributed by atoms with van der Waals surface area (Å²) in [5.74, 6) is 1.39. The lowest BCUT2D eigenvalue weighted by molar-refractivity contribution is 1.05. The number of nitrogens with one attached hydrogen (secondary N) is 1. The molecule has 0 spiro atoms. The van der Waals surface area contributed by atoms with E-state index in [9.17, 15) is 0 Å². The second kappa shape index (κ2) is 5.19. The Kier molecular flexibility index (Phi) is 3.82. The van der Waals surface area contributed by atoms with Crippen LogP contribution in [0.25, 0.3) is 0 Å². The van der Waals surface area contributed by atoms with Crippen molar-refractivity contribution in [2.45, 2.75) is 13.3 Å². The maximum Gasteiger partial charge on any atom is 0.128 e. The van der Waals surface area contributed by atoms with E-state index in [1.807, 2.05) is 25.1 Å². The highest BCUT2D eigenvalue weighted by Crippen LogP contribution is 2.05. The molecule has 1 rings (SSSR count). The second-order valence-electron chi connectivity index (χ2n) is 2.73. The zero-order valence-corrected chi connectivity index (χ0v) is 7.83. The first kappa shape index (κ1) is 9.58. The number of rotatable bonds is 4. The van der Waals surface area contributed by atoms with Gasteiger partial charge in [0.05, 0.1) is 0 Å². The Bertz CT molecular complexity index is 281. The number of nitrogen functional groups attached to an aromatic ring is 1. The van der Waals surface area contributed by atoms with E-state index >= 15 is 0 Å². The van der Waals surface area contributed by atoms with Crippen molar-refractivity contribution in [3.8, 4) is 0 Å². The zero-order chi connectivity index (χ0) is 9.52. The fourth-order valence-corrected chi connectivity index (χ4v) is 1.00. The highest BCUT2D eigenvalue weighted by atomic mass is 15.0. The lowest BCUT2D eigenvalue weighted by Gasteiger charge is -2.03. The molecule has 0 radical (unpaired) electrons. The number of allylic oxidation sites excluding steroid dienone is 1. The fraction of sp³-hybridized carbons (Fsp3) is 0.300. The molecule has 0 fully saturated rings. The van der Waals surface area contributed by atoms with Gasteiger partial charge in [-0.05, 0) is 25.5 Å². The van der Waals surface area contributed by atoms with E-state index in [1.165, 1.54) is 0 Å². The second-order valence-corrected chi connectivity index (χ2v) is 2.73. The lowest BCUT2D eigenvalue weighted by atomic mass is 10.3. The van der Waals surface area contributed by atoms with E-state index in [2.05, 4.69) is 16.4 Å². The van der Waals surface area contributed by atoms with Crippen molar-refractivity contribution in [3.05, 3.63) is 30.4 Å². The summed E-state index contributed by atoms with van der Waals surface area (Å²) in [5, 5.41) is 3.18. The number of hydrogen-bond donors (Lipinski definition) is 2. The first-order valence-corrected chi connectivity index (χ1v) is 4.40. The summed E-state index contributed by atoms with van der Waals surface area (Å²) in [4.78, 5) is 4.11. The Labute approximate surface area is 78.7 Å². The van der Waals surface area contributed by atoms with Crippen molar-refractivity contribution >= 4 is 11.6 Å². The van der Waals surface area contributed by atoms with Crippen LogP contribution in [0.15, 0.2) is 30.4 Å². The lowest BCUT2D eigenvalue weighted by Crippen LogP contribution is -2.03. The van der Waals surface area contributed by atoms with Gasteiger partial charge in [-0.15, -0.1) is 0 Å². The van der Waals surface area contributed by atoms with E-state index in [-0.39, 0.29) is 0 Å². The molecule has 0 aliphatic rings. The van der Waals surface area contributed by atoms with Crippen molar-refractivity contribution in [2.24, 2.45) is 0 Å². The van der Waals surface area contributed by atoms with Gasteiger partial charge in [-0.25, -0.2) is 4.98 Å². The van der Waals surface area contributed by atoms with Gasteiger partial charge < -0.3 is 11.1 Å². The Morgan fingerprint density at radius 2 is 2.38 bits per heavy atom. The van der Waals surface area contributed by atoms with Crippen LogP contribution in [0.2, 0.25) is 0 Å². The van der Waals surface area contributed by atoms with Crippen molar-refractivity contribution in [1.82, 2.24) is 4.98 Å². The molecule has 0 aliphatic heterocycles. The molecule has 3 heteroatoms. The quantitative estimate of drug-likeness (QED) is 0.546. The topological polar surface area (TPSA) is 50.9 Å². The van der Waals surface area contributed by atoms with Crippen LogP contribution in [0.3, 0.4) is 0 Å². The standard InChI is InChI=1S/C10H15N3/c1-2-3-4-8-12-10-7-5-6-9(11)13-10/h2-3,5-7H,4,8H2,1H3,(H3,11,12,13)/b3-2+. The van der Waals surface area contributed by atoms with E-state index in [0.29, 0.717) is 5.82 Å². The van der Waals surface area contributed by atoms with E-state index in [1.54, 1.807) is 6.07 Å². The van der Waals surface area contributed by atoms with E-state index in [0.717, 1.165) is 18.8 Å². The first-order valence-electron chi connectivity index (χ1n) is 4.40. The summed E-state index contributed by atoms with van der Waals surface area (Å²) in [6.45, 7) is 2.90. The number of anilines is 2. The van der Waals surface area contributed by atoms with Crippen LogP contribution < -0.4 is 11.1 Å². The van der Waals surface area contributed by atoms with Crippen molar-refractivity contribution in [1.29, 1.82) is 0 Å². The van der Waals surface area contributed by atoms with Gasteiger partial charge in [-0.3, -0.25) is 0 Å². The van der Waals surface area contributed by atoms with Crippen LogP contribution in [0.4, 0.5) is 11.6 Å². The molecule has 0 amide bonds. The van der Waals surface area contributed by atoms with E-state index < -0.39 is 0 Å². The molecular weight excluding hydrogens is 162 g/mol. The van der Waals surface area contributed by atoms with Gasteiger partial charge in [0.1, 0.15) is 11.6 Å². The van der Waals surface area contributed by atoms with Crippen LogP contribution in [0, 0.1) is 0 Å². The maximum atomic E-state index is 5.52. The number of nitrogens with two attached hydrogens (primary N) is 1. The zero-order valence-electron chi connectivity index (χ0n) is 7.83. The predicted octanol–water partition coefficient (Wildman–Crippen LogP) is 2.04. The van der Waals surface area contributed by atoms with Gasteiger partial charge in [0, 0.05) is 6.54 Å². The number of nitrogens with zero attached hydrogens (tertiary/aromatic N) is 1. The third kappa shape index (κ3) is 3.60. The molecule has 1 heterocycles. The maximum absolute atomic E-state index is 5.52. The highest BCUT2D eigenvalue weighted by molar-refractivity contribution is 5.42. The molecule has 0 aromatic carbocycles. The molecule has 1 aromatic heterocycles. The summed E-state index contributed by atoms with van der Waals surface area (Å²) in [6.07, 6.45) is 5.15. The smallest absolute Gasteiger partial charge is 0.128 e. The Morgan fingerprint density at radius 3 is 3.08 bits per heavy atom. The summed E-state index contributed by atoms with van der Waals surface area (Å²) in [7, 11) is 0. The minimum absolute atomic E-state index is 0.552. The predicted molar refractivity (Wildman–Crippen MR) is 56.6 cm³/mol. The van der Waals surface area contributed by atoms with Crippen LogP contribution in [-0.4, -0.2) is 11.5 Å². The monoisotopic (exact) mass is 177 g/mol. The Morgan fingerprint density at radius 1 is 1.54 bits per heavy atom. The third-order valence-electron chi connectivity index (χ3n) is 1.62. The number of aromatic nitrogens is 1. The molecule has 0 saturated heterocycles. The van der Waals surface area contributed by atoms with Crippen LogP contribution in [-0.2, 0) is 0 Å². The van der Waals surface area contributed by atoms with E-state index in [4.69, 9.17) is 5.73 Å². The molecule has 1 aromatic rings. The average molecular weight is 177 g/mol. The molecule has 3 nitrogen and oxygen atoms in total. The molecule has 0 unspecified atom stereocenters. The summed E-state index contributed by atoms with van der Waals surface area (Å²) in [5.41, 5.74) is 5.52. The Hall–Kier alpha value is -1.51. The first-order chi connectivity index (χ1) is 6.33. The summed E-state index contributed by atoms with van der Waals surface area (Å²) < 4.78 is 0. The van der Waals surface area contributed by atoms with Gasteiger partial charge in [-0.2, -0.15) is 0 Å². The van der Waals surface area contributed by atoms with Crippen LogP contribution in [0.1, 0.15) is 13.3 Å². The van der Waals surface area contributed by atoms with Crippen LogP contribution in [0.5, 0.6) is 0 Å². The fourth-order valence-electron chi connectivity index (χ4n) is 1.00. The van der Waals surface area contributed by atoms with Crippen molar-refractivity contribution < 1.29 is 0 Å². The van der Waals surface area contributed by atoms with Gasteiger partial charge in [0.2, 0.25) is 0 Å². The molecule has 0 saturated carbocycles. The molecule has 70 valence electrons. The van der Waals surface area contributed by atoms with Gasteiger partial charge >= 0.3 is 0 Å². The number of hydrogen-bond acceptors (Lipinski definition) is 3. The highest BCUT2D eigenvalue weighted by Gasteiger charge is 1.91. The molecule has 0 aliphatic carbocycles. The molecule has 3 N–H and O–H groups in total. The van der Waals surface area contributed by atoms with Crippen molar-refractivity contribution in [2.75, 3.05) is 17.6 Å². The molecule has 0 bridgehead atoms. The SMILES string of the molecule is C/C=C/CCNc1cccc(N)n1. The minimum Gasteiger partial charge on any atom is -0.384 e. The summed E-state index contributed by atoms with van der Waals surface area (Å²) in [6, 6.07) is 5.57. The normalized spacial score (nSPS) is 10.5. The molecule has 13 heavy (non-hydrogen) atoms. The van der Waals surface area contributed by atoms with Crippen LogP contribution >= 0.6 is 0 Å².